The number of amides is 1. The van der Waals surface area contributed by atoms with Gasteiger partial charge in [0.25, 0.3) is 0 Å². The molecule has 27 heavy (non-hydrogen) atoms. The van der Waals surface area contributed by atoms with E-state index < -0.39 is 5.97 Å². The molecule has 2 N–H and O–H groups in total. The number of carboxylic acid groups (broad SMARTS) is 1. The van der Waals surface area contributed by atoms with Crippen molar-refractivity contribution in [3.05, 3.63) is 54.1 Å². The first-order valence-electron chi connectivity index (χ1n) is 7.75. The van der Waals surface area contributed by atoms with Crippen LogP contribution in [0.3, 0.4) is 0 Å². The molecule has 2 aromatic carbocycles. The van der Waals surface area contributed by atoms with Crippen LogP contribution in [-0.2, 0) is 4.79 Å². The summed E-state index contributed by atoms with van der Waals surface area (Å²) in [7, 11) is 1.57. The molecule has 0 unspecified atom stereocenters. The molecule has 1 amide bonds. The number of thioether (sulfide) groups is 1. The second-order valence-electron chi connectivity index (χ2n) is 5.29. The van der Waals surface area contributed by atoms with Crippen molar-refractivity contribution in [1.29, 1.82) is 0 Å². The molecule has 3 rings (SSSR count). The van der Waals surface area contributed by atoms with Crippen LogP contribution < -0.4 is 10.1 Å². The summed E-state index contributed by atoms with van der Waals surface area (Å²) in [6.45, 7) is 0. The molecule has 1 heterocycles. The number of aromatic carboxylic acids is 1. The van der Waals surface area contributed by atoms with Gasteiger partial charge in [-0.25, -0.2) is 4.79 Å². The first-order valence-corrected chi connectivity index (χ1v) is 8.74. The van der Waals surface area contributed by atoms with Gasteiger partial charge in [0.2, 0.25) is 11.1 Å². The van der Waals surface area contributed by atoms with Crippen LogP contribution in [0.25, 0.3) is 5.69 Å². The number of aromatic nitrogens is 4. The summed E-state index contributed by atoms with van der Waals surface area (Å²) in [5.41, 5.74) is 1.42. The molecule has 0 saturated heterocycles. The minimum Gasteiger partial charge on any atom is -0.497 e. The van der Waals surface area contributed by atoms with Crippen LogP contribution in [0.15, 0.2) is 53.7 Å². The number of ether oxygens (including phenoxy) is 1. The van der Waals surface area contributed by atoms with E-state index in [1.54, 1.807) is 43.5 Å². The van der Waals surface area contributed by atoms with Crippen molar-refractivity contribution in [2.75, 3.05) is 18.2 Å². The fourth-order valence-electron chi connectivity index (χ4n) is 2.18. The van der Waals surface area contributed by atoms with E-state index in [-0.39, 0.29) is 17.2 Å². The van der Waals surface area contributed by atoms with Crippen LogP contribution in [0.1, 0.15) is 10.4 Å². The molecule has 10 heteroatoms. The molecule has 0 radical (unpaired) electrons. The van der Waals surface area contributed by atoms with E-state index >= 15 is 0 Å². The summed E-state index contributed by atoms with van der Waals surface area (Å²) < 4.78 is 6.51. The minimum absolute atomic E-state index is 0.111. The molecule has 0 fully saturated rings. The standard InChI is InChI=1S/C17H15N5O4S/c1-26-14-8-4-12(5-9-14)18-15(23)10-27-17-19-20-21-22(17)13-6-2-11(3-7-13)16(24)25/h2-9H,10H2,1H3,(H,18,23)(H,24,25). The van der Waals surface area contributed by atoms with E-state index in [1.807, 2.05) is 0 Å². The molecule has 138 valence electrons. The fourth-order valence-corrected chi connectivity index (χ4v) is 2.87. The number of anilines is 1. The number of carbonyl (C=O) groups excluding carboxylic acids is 1. The molecule has 0 bridgehead atoms. The van der Waals surface area contributed by atoms with Gasteiger partial charge in [-0.2, -0.15) is 4.68 Å². The lowest BCUT2D eigenvalue weighted by atomic mass is 10.2. The van der Waals surface area contributed by atoms with Crippen LogP contribution in [0.5, 0.6) is 5.75 Å². The van der Waals surface area contributed by atoms with Gasteiger partial charge < -0.3 is 15.2 Å². The molecule has 0 aliphatic carbocycles. The maximum atomic E-state index is 12.1. The van der Waals surface area contributed by atoms with Gasteiger partial charge >= 0.3 is 5.97 Å². The highest BCUT2D eigenvalue weighted by molar-refractivity contribution is 7.99. The number of methoxy groups -OCH3 is 1. The summed E-state index contributed by atoms with van der Waals surface area (Å²) >= 11 is 1.17. The second-order valence-corrected chi connectivity index (χ2v) is 6.23. The third-order valence-corrected chi connectivity index (χ3v) is 4.43. The first-order chi connectivity index (χ1) is 13.1. The van der Waals surface area contributed by atoms with Crippen molar-refractivity contribution < 1.29 is 19.4 Å². The molecule has 1 aromatic heterocycles. The molecular weight excluding hydrogens is 370 g/mol. The predicted molar refractivity (Wildman–Crippen MR) is 98.5 cm³/mol. The zero-order valence-electron chi connectivity index (χ0n) is 14.2. The van der Waals surface area contributed by atoms with Crippen molar-refractivity contribution in [1.82, 2.24) is 20.2 Å². The number of nitrogens with one attached hydrogen (secondary N) is 1. The van der Waals surface area contributed by atoms with E-state index in [1.165, 1.54) is 28.6 Å². The monoisotopic (exact) mass is 385 g/mol. The Labute approximate surface area is 158 Å². The van der Waals surface area contributed by atoms with Crippen molar-refractivity contribution >= 4 is 29.3 Å². The van der Waals surface area contributed by atoms with Gasteiger partial charge in [0.15, 0.2) is 0 Å². The number of rotatable bonds is 7. The van der Waals surface area contributed by atoms with Crippen molar-refractivity contribution in [3.8, 4) is 11.4 Å². The molecule has 9 nitrogen and oxygen atoms in total. The number of hydrogen-bond acceptors (Lipinski definition) is 7. The summed E-state index contributed by atoms with van der Waals surface area (Å²) in [5, 5.41) is 23.6. The normalized spacial score (nSPS) is 10.4. The Morgan fingerprint density at radius 1 is 1.15 bits per heavy atom. The number of carboxylic acids is 1. The van der Waals surface area contributed by atoms with Crippen molar-refractivity contribution in [2.45, 2.75) is 5.16 Å². The topological polar surface area (TPSA) is 119 Å². The summed E-state index contributed by atoms with van der Waals surface area (Å²) in [6.07, 6.45) is 0. The maximum Gasteiger partial charge on any atom is 0.335 e. The predicted octanol–water partition coefficient (Wildman–Crippen LogP) is 2.10. The fraction of sp³-hybridized carbons (Fsp3) is 0.118. The van der Waals surface area contributed by atoms with Crippen molar-refractivity contribution in [3.63, 3.8) is 0 Å². The number of nitrogens with zero attached hydrogens (tertiary/aromatic N) is 4. The van der Waals surface area contributed by atoms with E-state index in [0.29, 0.717) is 22.3 Å². The largest absolute Gasteiger partial charge is 0.497 e. The third-order valence-electron chi connectivity index (χ3n) is 3.51. The second kappa shape index (κ2) is 8.32. The van der Waals surface area contributed by atoms with Gasteiger partial charge in [-0.1, -0.05) is 11.8 Å². The Morgan fingerprint density at radius 2 is 1.85 bits per heavy atom. The first kappa shape index (κ1) is 18.4. The SMILES string of the molecule is COc1ccc(NC(=O)CSc2nnnn2-c2ccc(C(=O)O)cc2)cc1. The van der Waals surface area contributed by atoms with E-state index in [2.05, 4.69) is 20.8 Å². The molecule has 0 atom stereocenters. The van der Waals surface area contributed by atoms with Gasteiger partial charge in [0, 0.05) is 5.69 Å². The lowest BCUT2D eigenvalue weighted by molar-refractivity contribution is -0.113. The summed E-state index contributed by atoms with van der Waals surface area (Å²) in [5.74, 6) is -0.404. The molecule has 0 aliphatic rings. The Kier molecular flexibility index (Phi) is 5.67. The van der Waals surface area contributed by atoms with Gasteiger partial charge in [-0.15, -0.1) is 5.10 Å². The van der Waals surface area contributed by atoms with Crippen LogP contribution in [0, 0.1) is 0 Å². The molecule has 3 aromatic rings. The number of hydrogen-bond donors (Lipinski definition) is 2. The van der Waals surface area contributed by atoms with Gasteiger partial charge in [-0.3, -0.25) is 4.79 Å². The highest BCUT2D eigenvalue weighted by Gasteiger charge is 2.12. The third kappa shape index (κ3) is 4.61. The minimum atomic E-state index is -1.01. The average molecular weight is 385 g/mol. The lowest BCUT2D eigenvalue weighted by Crippen LogP contribution is -2.14. The number of tetrazole rings is 1. The van der Waals surface area contributed by atoms with E-state index in [9.17, 15) is 9.59 Å². The van der Waals surface area contributed by atoms with Crippen LogP contribution >= 0.6 is 11.8 Å². The molecular formula is C17H15N5O4S. The van der Waals surface area contributed by atoms with Gasteiger partial charge in [0.05, 0.1) is 24.1 Å². The van der Waals surface area contributed by atoms with Crippen LogP contribution in [-0.4, -0.2) is 50.1 Å². The van der Waals surface area contributed by atoms with Gasteiger partial charge in [-0.05, 0) is 59.0 Å². The maximum absolute atomic E-state index is 12.1. The Morgan fingerprint density at radius 3 is 2.48 bits per heavy atom. The van der Waals surface area contributed by atoms with Crippen LogP contribution in [0.2, 0.25) is 0 Å². The zero-order valence-corrected chi connectivity index (χ0v) is 15.0. The zero-order chi connectivity index (χ0) is 19.2. The molecule has 0 spiro atoms. The average Bonchev–Trinajstić information content (AvgIpc) is 3.15. The van der Waals surface area contributed by atoms with Crippen LogP contribution in [0.4, 0.5) is 5.69 Å². The highest BCUT2D eigenvalue weighted by atomic mass is 32.2. The summed E-state index contributed by atoms with van der Waals surface area (Å²) in [4.78, 5) is 23.0. The lowest BCUT2D eigenvalue weighted by Gasteiger charge is -2.07. The highest BCUT2D eigenvalue weighted by Crippen LogP contribution is 2.20. The van der Waals surface area contributed by atoms with E-state index in [4.69, 9.17) is 9.84 Å². The van der Waals surface area contributed by atoms with Gasteiger partial charge in [0.1, 0.15) is 5.75 Å². The van der Waals surface area contributed by atoms with Crippen molar-refractivity contribution in [2.24, 2.45) is 0 Å². The quantitative estimate of drug-likeness (QED) is 0.594. The Balaban J connectivity index is 1.62. The Bertz CT molecular complexity index is 941. The molecule has 0 aliphatic heterocycles. The smallest absolute Gasteiger partial charge is 0.335 e. The molecule has 0 saturated carbocycles. The Hall–Kier alpha value is -3.40. The number of carbonyl (C=O) groups is 2. The van der Waals surface area contributed by atoms with E-state index in [0.717, 1.165) is 0 Å². The number of benzene rings is 2. The summed E-state index contributed by atoms with van der Waals surface area (Å²) in [6, 6.07) is 13.1.